The molecule has 1 N–H and O–H groups in total. The van der Waals surface area contributed by atoms with Gasteiger partial charge in [0.1, 0.15) is 11.8 Å². The molecular weight excluding hydrogens is 467 g/mol. The molecule has 0 aliphatic carbocycles. The van der Waals surface area contributed by atoms with Crippen LogP contribution < -0.4 is 5.32 Å². The molecule has 1 aliphatic rings. The van der Waals surface area contributed by atoms with Crippen molar-refractivity contribution in [2.75, 3.05) is 39.5 Å². The lowest BCUT2D eigenvalue weighted by Gasteiger charge is -2.35. The van der Waals surface area contributed by atoms with Gasteiger partial charge in [0.05, 0.1) is 17.6 Å². The van der Waals surface area contributed by atoms with Crippen LogP contribution in [0.25, 0.3) is 22.3 Å². The van der Waals surface area contributed by atoms with Gasteiger partial charge in [0.15, 0.2) is 0 Å². The number of benzene rings is 1. The van der Waals surface area contributed by atoms with Crippen LogP contribution in [0.2, 0.25) is 0 Å². The van der Waals surface area contributed by atoms with Gasteiger partial charge in [-0.05, 0) is 54.9 Å². The number of amides is 1. The SMILES string of the molecule is CNc1ccc(-c2ccnc3c2cc(CN2CC[C@H](c4ccc(C(=O)N(C)C)cc4)[C@H](F)C2)n3C)nc1. The summed E-state index contributed by atoms with van der Waals surface area (Å²) >= 11 is 0. The van der Waals surface area contributed by atoms with E-state index in [1.54, 1.807) is 31.1 Å². The first-order valence-corrected chi connectivity index (χ1v) is 12.6. The minimum Gasteiger partial charge on any atom is -0.387 e. The average molecular weight is 501 g/mol. The number of pyridine rings is 2. The molecule has 0 bridgehead atoms. The van der Waals surface area contributed by atoms with Crippen molar-refractivity contribution < 1.29 is 9.18 Å². The highest BCUT2D eigenvalue weighted by molar-refractivity contribution is 5.94. The van der Waals surface area contributed by atoms with Gasteiger partial charge in [-0.3, -0.25) is 14.7 Å². The molecule has 0 radical (unpaired) electrons. The number of hydrogen-bond acceptors (Lipinski definition) is 5. The molecule has 1 saturated heterocycles. The summed E-state index contributed by atoms with van der Waals surface area (Å²) in [7, 11) is 7.35. The number of nitrogens with zero attached hydrogens (tertiary/aromatic N) is 5. The fourth-order valence-corrected chi connectivity index (χ4v) is 5.19. The fourth-order valence-electron chi connectivity index (χ4n) is 5.19. The van der Waals surface area contributed by atoms with E-state index in [0.29, 0.717) is 18.7 Å². The summed E-state index contributed by atoms with van der Waals surface area (Å²) in [5.41, 5.74) is 6.46. The summed E-state index contributed by atoms with van der Waals surface area (Å²) in [5.74, 6) is -0.205. The van der Waals surface area contributed by atoms with Gasteiger partial charge in [0, 0.05) is 75.6 Å². The van der Waals surface area contributed by atoms with Gasteiger partial charge in [0.2, 0.25) is 0 Å². The van der Waals surface area contributed by atoms with Crippen LogP contribution in [0.1, 0.15) is 34.0 Å². The van der Waals surface area contributed by atoms with E-state index in [1.807, 2.05) is 56.8 Å². The number of carbonyl (C=O) groups is 1. The predicted octanol–water partition coefficient (Wildman–Crippen LogP) is 4.71. The molecule has 7 nitrogen and oxygen atoms in total. The van der Waals surface area contributed by atoms with E-state index in [2.05, 4.69) is 30.8 Å². The largest absolute Gasteiger partial charge is 0.387 e. The van der Waals surface area contributed by atoms with E-state index in [4.69, 9.17) is 0 Å². The van der Waals surface area contributed by atoms with Crippen LogP contribution in [0.5, 0.6) is 0 Å². The third-order valence-corrected chi connectivity index (χ3v) is 7.36. The molecule has 192 valence electrons. The van der Waals surface area contributed by atoms with Crippen molar-refractivity contribution in [3.63, 3.8) is 0 Å². The van der Waals surface area contributed by atoms with Gasteiger partial charge in [-0.15, -0.1) is 0 Å². The lowest BCUT2D eigenvalue weighted by Crippen LogP contribution is -2.40. The number of halogens is 1. The molecule has 1 aromatic carbocycles. The molecule has 1 amide bonds. The van der Waals surface area contributed by atoms with Gasteiger partial charge < -0.3 is 14.8 Å². The minimum absolute atomic E-state index is 0.0449. The number of aromatic nitrogens is 3. The van der Waals surface area contributed by atoms with Crippen LogP contribution in [-0.4, -0.2) is 70.6 Å². The number of anilines is 1. The number of piperidine rings is 1. The first kappa shape index (κ1) is 24.9. The Hall–Kier alpha value is -3.78. The zero-order chi connectivity index (χ0) is 26.1. The van der Waals surface area contributed by atoms with Gasteiger partial charge in [-0.2, -0.15) is 0 Å². The van der Waals surface area contributed by atoms with Crippen molar-refractivity contribution in [2.24, 2.45) is 7.05 Å². The van der Waals surface area contributed by atoms with Crippen molar-refractivity contribution in [3.8, 4) is 11.3 Å². The molecule has 2 atom stereocenters. The van der Waals surface area contributed by atoms with Crippen LogP contribution >= 0.6 is 0 Å². The molecule has 8 heteroatoms. The van der Waals surface area contributed by atoms with Crippen LogP contribution in [-0.2, 0) is 13.6 Å². The maximum Gasteiger partial charge on any atom is 0.253 e. The highest BCUT2D eigenvalue weighted by atomic mass is 19.1. The quantitative estimate of drug-likeness (QED) is 0.416. The Labute approximate surface area is 216 Å². The standard InChI is InChI=1S/C29H33FN6O/c1-31-21-9-10-27(33-16-21)24-11-13-32-28-25(24)15-22(35(28)4)17-36-14-12-23(26(30)18-36)19-5-7-20(8-6-19)29(37)34(2)3/h5-11,13,15-16,23,26,31H,12,14,17-18H2,1-4H3/t23-,26-/m1/s1. The highest BCUT2D eigenvalue weighted by Gasteiger charge is 2.31. The van der Waals surface area contributed by atoms with E-state index in [9.17, 15) is 4.79 Å². The van der Waals surface area contributed by atoms with Gasteiger partial charge in [-0.25, -0.2) is 9.37 Å². The highest BCUT2D eigenvalue weighted by Crippen LogP contribution is 2.33. The molecule has 3 aromatic heterocycles. The second-order valence-electron chi connectivity index (χ2n) is 9.94. The van der Waals surface area contributed by atoms with Gasteiger partial charge in [0.25, 0.3) is 5.91 Å². The maximum absolute atomic E-state index is 15.4. The third-order valence-electron chi connectivity index (χ3n) is 7.36. The van der Waals surface area contributed by atoms with E-state index in [0.717, 1.165) is 52.2 Å². The summed E-state index contributed by atoms with van der Waals surface area (Å²) in [4.78, 5) is 25.1. The molecule has 4 heterocycles. The first-order chi connectivity index (χ1) is 17.9. The number of likely N-dealkylation sites (tertiary alicyclic amines) is 1. The molecule has 0 saturated carbocycles. The molecule has 1 fully saturated rings. The molecule has 37 heavy (non-hydrogen) atoms. The first-order valence-electron chi connectivity index (χ1n) is 12.6. The van der Waals surface area contributed by atoms with Crippen molar-refractivity contribution in [2.45, 2.75) is 25.1 Å². The lowest BCUT2D eigenvalue weighted by atomic mass is 9.87. The predicted molar refractivity (Wildman–Crippen MR) is 145 cm³/mol. The number of alkyl halides is 1. The second kappa shape index (κ2) is 10.3. The molecule has 4 aromatic rings. The number of nitrogens with one attached hydrogen (secondary N) is 1. The van der Waals surface area contributed by atoms with Crippen molar-refractivity contribution >= 4 is 22.6 Å². The average Bonchev–Trinajstić information content (AvgIpc) is 3.23. The molecule has 1 aliphatic heterocycles. The normalized spacial score (nSPS) is 18.2. The van der Waals surface area contributed by atoms with Gasteiger partial charge >= 0.3 is 0 Å². The Balaban J connectivity index is 1.31. The van der Waals surface area contributed by atoms with E-state index in [1.165, 1.54) is 0 Å². The zero-order valence-corrected chi connectivity index (χ0v) is 21.8. The molecular formula is C29H33FN6O. The Bertz CT molecular complexity index is 1400. The Kier molecular flexibility index (Phi) is 6.93. The number of rotatable bonds is 6. The van der Waals surface area contributed by atoms with E-state index >= 15 is 4.39 Å². The van der Waals surface area contributed by atoms with E-state index in [-0.39, 0.29) is 11.8 Å². The monoisotopic (exact) mass is 500 g/mol. The summed E-state index contributed by atoms with van der Waals surface area (Å²) in [5, 5.41) is 4.14. The Morgan fingerprint density at radius 1 is 1.14 bits per heavy atom. The Morgan fingerprint density at radius 2 is 1.92 bits per heavy atom. The number of carbonyl (C=O) groups excluding carboxylic acids is 1. The topological polar surface area (TPSA) is 66.3 Å². The van der Waals surface area contributed by atoms with Gasteiger partial charge in [-0.1, -0.05) is 12.1 Å². The molecule has 5 rings (SSSR count). The van der Waals surface area contributed by atoms with Crippen LogP contribution in [0.15, 0.2) is 60.9 Å². The van der Waals surface area contributed by atoms with Crippen LogP contribution in [0, 0.1) is 0 Å². The van der Waals surface area contributed by atoms with Crippen molar-refractivity contribution in [1.82, 2.24) is 24.3 Å². The summed E-state index contributed by atoms with van der Waals surface area (Å²) in [6.07, 6.45) is 3.40. The fraction of sp³-hybridized carbons (Fsp3) is 0.345. The zero-order valence-electron chi connectivity index (χ0n) is 21.8. The maximum atomic E-state index is 15.4. The van der Waals surface area contributed by atoms with E-state index < -0.39 is 6.17 Å². The number of fused-ring (bicyclic) bond motifs is 1. The van der Waals surface area contributed by atoms with Crippen LogP contribution in [0.3, 0.4) is 0 Å². The Morgan fingerprint density at radius 3 is 2.57 bits per heavy atom. The summed E-state index contributed by atoms with van der Waals surface area (Å²) in [6, 6.07) is 15.6. The lowest BCUT2D eigenvalue weighted by molar-refractivity contribution is 0.0827. The summed E-state index contributed by atoms with van der Waals surface area (Å²) in [6.45, 7) is 1.83. The van der Waals surface area contributed by atoms with Crippen molar-refractivity contribution in [3.05, 3.63) is 77.7 Å². The second-order valence-corrected chi connectivity index (χ2v) is 9.94. The summed E-state index contributed by atoms with van der Waals surface area (Å²) < 4.78 is 17.5. The molecule has 0 unspecified atom stereocenters. The molecule has 0 spiro atoms. The van der Waals surface area contributed by atoms with Crippen LogP contribution in [0.4, 0.5) is 10.1 Å². The van der Waals surface area contributed by atoms with Crippen molar-refractivity contribution in [1.29, 1.82) is 0 Å². The number of hydrogen-bond donors (Lipinski definition) is 1. The number of aryl methyl sites for hydroxylation is 1. The third kappa shape index (κ3) is 4.93. The minimum atomic E-state index is -0.970. The smallest absolute Gasteiger partial charge is 0.253 e.